The number of carbonyl (C=O) groups is 2. The van der Waals surface area contributed by atoms with Crippen LogP contribution >= 0.6 is 0 Å². The van der Waals surface area contributed by atoms with Crippen LogP contribution in [0.4, 0.5) is 0 Å². The third-order valence-corrected chi connectivity index (χ3v) is 2.50. The average molecular weight is 278 g/mol. The van der Waals surface area contributed by atoms with E-state index < -0.39 is 22.8 Å². The molecule has 0 saturated heterocycles. The molecule has 0 aromatic rings. The summed E-state index contributed by atoms with van der Waals surface area (Å²) in [6, 6.07) is 0. The van der Waals surface area contributed by atoms with Gasteiger partial charge in [0, 0.05) is 0 Å². The van der Waals surface area contributed by atoms with E-state index in [0.29, 0.717) is 0 Å². The van der Waals surface area contributed by atoms with Crippen molar-refractivity contribution in [3.05, 3.63) is 0 Å². The van der Waals surface area contributed by atoms with Gasteiger partial charge in [-0.15, -0.1) is 12.8 Å². The van der Waals surface area contributed by atoms with Gasteiger partial charge in [-0.25, -0.2) is 0 Å². The standard InChI is InChI=1S/C16H22O4/c1-7-15(3,4)11-19-13(17)9-10-14(18)20-12-16(5,6)8-2/h1-2H,9-12H2,3-6H3. The molecule has 0 atom stereocenters. The van der Waals surface area contributed by atoms with Crippen LogP contribution in [0, 0.1) is 35.5 Å². The van der Waals surface area contributed by atoms with Gasteiger partial charge in [0.2, 0.25) is 0 Å². The van der Waals surface area contributed by atoms with Gasteiger partial charge in [-0.2, -0.15) is 0 Å². The summed E-state index contributed by atoms with van der Waals surface area (Å²) in [6.07, 6.45) is 10.5. The minimum atomic E-state index is -0.507. The molecule has 0 aromatic carbocycles. The lowest BCUT2D eigenvalue weighted by Crippen LogP contribution is -2.22. The molecular weight excluding hydrogens is 256 g/mol. The SMILES string of the molecule is C#CC(C)(C)COC(=O)CCC(=O)OCC(C)(C)C#C. The number of esters is 2. The van der Waals surface area contributed by atoms with Crippen molar-refractivity contribution in [2.75, 3.05) is 13.2 Å². The Morgan fingerprint density at radius 1 is 0.850 bits per heavy atom. The largest absolute Gasteiger partial charge is 0.464 e. The lowest BCUT2D eigenvalue weighted by molar-refractivity contribution is -0.152. The monoisotopic (exact) mass is 278 g/mol. The van der Waals surface area contributed by atoms with E-state index in [1.54, 1.807) is 27.7 Å². The van der Waals surface area contributed by atoms with E-state index in [2.05, 4.69) is 11.8 Å². The number of rotatable bonds is 7. The van der Waals surface area contributed by atoms with Gasteiger partial charge in [-0.05, 0) is 27.7 Å². The molecule has 4 heteroatoms. The second-order valence-corrected chi connectivity index (χ2v) is 5.88. The van der Waals surface area contributed by atoms with Crippen molar-refractivity contribution < 1.29 is 19.1 Å². The van der Waals surface area contributed by atoms with Gasteiger partial charge in [0.25, 0.3) is 0 Å². The second kappa shape index (κ2) is 7.60. The first-order valence-electron chi connectivity index (χ1n) is 6.39. The molecule has 0 spiro atoms. The van der Waals surface area contributed by atoms with Crippen LogP contribution < -0.4 is 0 Å². The van der Waals surface area contributed by atoms with Crippen LogP contribution in [-0.2, 0) is 19.1 Å². The Morgan fingerprint density at radius 3 is 1.40 bits per heavy atom. The van der Waals surface area contributed by atoms with Crippen molar-refractivity contribution in [3.8, 4) is 24.7 Å². The molecule has 0 bridgehead atoms. The van der Waals surface area contributed by atoms with Crippen LogP contribution in [0.3, 0.4) is 0 Å². The van der Waals surface area contributed by atoms with Crippen LogP contribution in [0.1, 0.15) is 40.5 Å². The summed E-state index contributed by atoms with van der Waals surface area (Å²) in [4.78, 5) is 22.9. The number of terminal acetylenes is 2. The summed E-state index contributed by atoms with van der Waals surface area (Å²) in [6.45, 7) is 7.41. The van der Waals surface area contributed by atoms with Crippen LogP contribution in [0.5, 0.6) is 0 Å². The first kappa shape index (κ1) is 18.1. The average Bonchev–Trinajstić information content (AvgIpc) is 2.40. The fourth-order valence-corrected chi connectivity index (χ4v) is 0.954. The van der Waals surface area contributed by atoms with Crippen molar-refractivity contribution in [1.29, 1.82) is 0 Å². The number of hydrogen-bond acceptors (Lipinski definition) is 4. The molecule has 0 fully saturated rings. The van der Waals surface area contributed by atoms with Crippen LogP contribution in [-0.4, -0.2) is 25.2 Å². The molecular formula is C16H22O4. The van der Waals surface area contributed by atoms with Crippen molar-refractivity contribution in [2.24, 2.45) is 10.8 Å². The normalized spacial score (nSPS) is 11.1. The first-order chi connectivity index (χ1) is 9.12. The zero-order chi connectivity index (χ0) is 15.8. The van der Waals surface area contributed by atoms with E-state index in [-0.39, 0.29) is 26.1 Å². The van der Waals surface area contributed by atoms with E-state index in [1.807, 2.05) is 0 Å². The van der Waals surface area contributed by atoms with E-state index in [0.717, 1.165) is 0 Å². The molecule has 0 heterocycles. The molecule has 0 aliphatic rings. The fourth-order valence-electron chi connectivity index (χ4n) is 0.954. The number of ether oxygens (including phenoxy) is 2. The molecule has 0 saturated carbocycles. The van der Waals surface area contributed by atoms with Crippen molar-refractivity contribution >= 4 is 11.9 Å². The van der Waals surface area contributed by atoms with Gasteiger partial charge in [0.1, 0.15) is 13.2 Å². The molecule has 0 aliphatic heterocycles. The highest BCUT2D eigenvalue weighted by Crippen LogP contribution is 2.15. The molecule has 20 heavy (non-hydrogen) atoms. The molecule has 0 aliphatic carbocycles. The Kier molecular flexibility index (Phi) is 6.86. The van der Waals surface area contributed by atoms with E-state index in [1.165, 1.54) is 0 Å². The molecule has 0 radical (unpaired) electrons. The second-order valence-electron chi connectivity index (χ2n) is 5.88. The highest BCUT2D eigenvalue weighted by Gasteiger charge is 2.19. The fraction of sp³-hybridized carbons (Fsp3) is 0.625. The lowest BCUT2D eigenvalue weighted by atomic mass is 9.96. The minimum absolute atomic E-state index is 0.0318. The zero-order valence-electron chi connectivity index (χ0n) is 12.6. The maximum absolute atomic E-state index is 11.4. The Balaban J connectivity index is 3.95. The summed E-state index contributed by atoms with van der Waals surface area (Å²) in [7, 11) is 0. The molecule has 0 N–H and O–H groups in total. The van der Waals surface area contributed by atoms with Crippen LogP contribution in [0.15, 0.2) is 0 Å². The first-order valence-corrected chi connectivity index (χ1v) is 6.39. The molecule has 0 unspecified atom stereocenters. The third-order valence-electron chi connectivity index (χ3n) is 2.50. The zero-order valence-corrected chi connectivity index (χ0v) is 12.6. The highest BCUT2D eigenvalue weighted by atomic mass is 16.5. The van der Waals surface area contributed by atoms with Gasteiger partial charge in [-0.3, -0.25) is 9.59 Å². The highest BCUT2D eigenvalue weighted by molar-refractivity contribution is 5.77. The molecule has 0 rings (SSSR count). The predicted molar refractivity (Wildman–Crippen MR) is 76.4 cm³/mol. The third kappa shape index (κ3) is 8.21. The van der Waals surface area contributed by atoms with Gasteiger partial charge < -0.3 is 9.47 Å². The smallest absolute Gasteiger partial charge is 0.306 e. The van der Waals surface area contributed by atoms with Gasteiger partial charge in [0.05, 0.1) is 23.7 Å². The maximum Gasteiger partial charge on any atom is 0.306 e. The predicted octanol–water partition coefficient (Wildman–Crippen LogP) is 2.17. The van der Waals surface area contributed by atoms with Crippen molar-refractivity contribution in [3.63, 3.8) is 0 Å². The Morgan fingerprint density at radius 2 is 1.15 bits per heavy atom. The van der Waals surface area contributed by atoms with Crippen LogP contribution in [0.2, 0.25) is 0 Å². The summed E-state index contributed by atoms with van der Waals surface area (Å²) in [5.41, 5.74) is -1.01. The minimum Gasteiger partial charge on any atom is -0.464 e. The van der Waals surface area contributed by atoms with Crippen molar-refractivity contribution in [1.82, 2.24) is 0 Å². The van der Waals surface area contributed by atoms with Gasteiger partial charge >= 0.3 is 11.9 Å². The molecule has 0 aromatic heterocycles. The Labute approximate surface area is 121 Å². The molecule has 0 amide bonds. The quantitative estimate of drug-likeness (QED) is 0.529. The summed E-state index contributed by atoms with van der Waals surface area (Å²) in [5, 5.41) is 0. The Hall–Kier alpha value is -1.94. The number of hydrogen-bond donors (Lipinski definition) is 0. The molecule has 4 nitrogen and oxygen atoms in total. The van der Waals surface area contributed by atoms with E-state index in [9.17, 15) is 9.59 Å². The summed E-state index contributed by atoms with van der Waals surface area (Å²) in [5.74, 6) is 4.09. The topological polar surface area (TPSA) is 52.6 Å². The van der Waals surface area contributed by atoms with E-state index in [4.69, 9.17) is 22.3 Å². The maximum atomic E-state index is 11.4. The summed E-state index contributed by atoms with van der Waals surface area (Å²) >= 11 is 0. The van der Waals surface area contributed by atoms with E-state index >= 15 is 0 Å². The van der Waals surface area contributed by atoms with Gasteiger partial charge in [-0.1, -0.05) is 11.8 Å². The number of carbonyl (C=O) groups excluding carboxylic acids is 2. The lowest BCUT2D eigenvalue weighted by Gasteiger charge is -2.18. The summed E-state index contributed by atoms with van der Waals surface area (Å²) < 4.78 is 9.99. The molecule has 110 valence electrons. The Bertz CT molecular complexity index is 390. The van der Waals surface area contributed by atoms with Crippen molar-refractivity contribution in [2.45, 2.75) is 40.5 Å². The van der Waals surface area contributed by atoms with Gasteiger partial charge in [0.15, 0.2) is 0 Å². The van der Waals surface area contributed by atoms with Crippen LogP contribution in [0.25, 0.3) is 0 Å².